The Bertz CT molecular complexity index is 88.9. The number of rotatable bonds is 4. The van der Waals surface area contributed by atoms with Gasteiger partial charge in [-0.25, -0.2) is 0 Å². The monoisotopic (exact) mass is 306 g/mol. The van der Waals surface area contributed by atoms with Gasteiger partial charge in [0.2, 0.25) is 0 Å². The molecular weight excluding hydrogens is 292 g/mol. The first-order chi connectivity index (χ1) is 4.31. The quantitative estimate of drug-likeness (QED) is 0.553. The minimum atomic E-state index is 0.174. The molecule has 0 fully saturated rings. The van der Waals surface area contributed by atoms with Crippen molar-refractivity contribution in [3.05, 3.63) is 8.61 Å². The number of allylic oxidation sites excluding steroid dienone is 1. The van der Waals surface area contributed by atoms with Gasteiger partial charge >= 0.3 is 76.6 Å². The van der Waals surface area contributed by atoms with Gasteiger partial charge in [-0.05, 0) is 0 Å². The van der Waals surface area contributed by atoms with Gasteiger partial charge in [-0.2, -0.15) is 0 Å². The van der Waals surface area contributed by atoms with Crippen LogP contribution in [0.2, 0.25) is 4.47 Å². The fraction of sp³-hybridized carbons (Fsp3) is 0.714. The van der Waals surface area contributed by atoms with Crippen LogP contribution in [0, 0.1) is 0 Å². The SMILES string of the molecule is C/C=C(/Br)[Te]CCCC. The predicted molar refractivity (Wildman–Crippen MR) is 48.2 cm³/mol. The summed E-state index contributed by atoms with van der Waals surface area (Å²) in [5.74, 6) is 0. The first-order valence-electron chi connectivity index (χ1n) is 3.25. The molecule has 0 aromatic rings. The summed E-state index contributed by atoms with van der Waals surface area (Å²) in [6.07, 6.45) is 4.93. The zero-order valence-electron chi connectivity index (χ0n) is 5.98. The number of hydrogen-bond donors (Lipinski definition) is 0. The van der Waals surface area contributed by atoms with Gasteiger partial charge in [0.25, 0.3) is 0 Å². The van der Waals surface area contributed by atoms with Crippen molar-refractivity contribution in [2.45, 2.75) is 31.2 Å². The van der Waals surface area contributed by atoms with Crippen LogP contribution in [0.25, 0.3) is 0 Å². The van der Waals surface area contributed by atoms with Crippen LogP contribution in [-0.2, 0) is 0 Å². The minimum absolute atomic E-state index is 0.174. The zero-order chi connectivity index (χ0) is 7.11. The second-order valence-corrected chi connectivity index (χ2v) is 7.53. The van der Waals surface area contributed by atoms with Gasteiger partial charge in [-0.1, -0.05) is 0 Å². The molecule has 0 aliphatic carbocycles. The van der Waals surface area contributed by atoms with Crippen molar-refractivity contribution in [3.8, 4) is 0 Å². The van der Waals surface area contributed by atoms with Crippen molar-refractivity contribution in [1.29, 1.82) is 0 Å². The predicted octanol–water partition coefficient (Wildman–Crippen LogP) is 3.17. The Labute approximate surface area is 76.3 Å². The van der Waals surface area contributed by atoms with Crippen molar-refractivity contribution in [2.24, 2.45) is 0 Å². The third-order valence-electron chi connectivity index (χ3n) is 0.965. The second kappa shape index (κ2) is 7.12. The molecule has 2 heteroatoms. The van der Waals surface area contributed by atoms with Crippen LogP contribution in [0.1, 0.15) is 26.7 Å². The van der Waals surface area contributed by atoms with Crippen LogP contribution >= 0.6 is 15.9 Å². The fourth-order valence-corrected chi connectivity index (χ4v) is 3.75. The Balaban J connectivity index is 3.07. The van der Waals surface area contributed by atoms with Crippen molar-refractivity contribution >= 4 is 36.9 Å². The molecule has 0 aliphatic heterocycles. The first-order valence-corrected chi connectivity index (χ1v) is 6.86. The van der Waals surface area contributed by atoms with E-state index in [1.54, 1.807) is 0 Å². The van der Waals surface area contributed by atoms with Crippen LogP contribution in [0.4, 0.5) is 0 Å². The van der Waals surface area contributed by atoms with Gasteiger partial charge < -0.3 is 0 Å². The second-order valence-electron chi connectivity index (χ2n) is 1.79. The Morgan fingerprint density at radius 3 is 2.78 bits per heavy atom. The third-order valence-corrected chi connectivity index (χ3v) is 5.82. The summed E-state index contributed by atoms with van der Waals surface area (Å²) < 4.78 is 2.92. The normalized spacial score (nSPS) is 12.1. The zero-order valence-corrected chi connectivity index (χ0v) is 9.90. The molecule has 0 saturated heterocycles. The van der Waals surface area contributed by atoms with Gasteiger partial charge in [0.05, 0.1) is 0 Å². The van der Waals surface area contributed by atoms with E-state index in [4.69, 9.17) is 0 Å². The molecule has 0 nitrogen and oxygen atoms in total. The Hall–Kier alpha value is 1.01. The average Bonchev–Trinajstić information content (AvgIpc) is 1.89. The van der Waals surface area contributed by atoms with E-state index in [1.165, 1.54) is 19.8 Å². The van der Waals surface area contributed by atoms with Gasteiger partial charge in [0.1, 0.15) is 0 Å². The maximum absolute atomic E-state index is 3.53. The maximum atomic E-state index is 3.53. The van der Waals surface area contributed by atoms with E-state index in [2.05, 4.69) is 35.9 Å². The molecule has 0 aromatic carbocycles. The van der Waals surface area contributed by atoms with Crippen molar-refractivity contribution in [2.75, 3.05) is 0 Å². The van der Waals surface area contributed by atoms with Gasteiger partial charge in [0, 0.05) is 0 Å². The molecule has 0 aromatic heterocycles. The molecular formula is C7H13BrTe. The summed E-state index contributed by atoms with van der Waals surface area (Å²) in [7, 11) is 0. The van der Waals surface area contributed by atoms with Gasteiger partial charge in [-0.15, -0.1) is 0 Å². The van der Waals surface area contributed by atoms with Gasteiger partial charge in [-0.3, -0.25) is 0 Å². The van der Waals surface area contributed by atoms with Crippen LogP contribution < -0.4 is 0 Å². The molecule has 0 unspecified atom stereocenters. The Morgan fingerprint density at radius 2 is 2.33 bits per heavy atom. The van der Waals surface area contributed by atoms with Crippen LogP contribution in [0.15, 0.2) is 8.61 Å². The first kappa shape index (κ1) is 10.0. The molecule has 0 heterocycles. The van der Waals surface area contributed by atoms with Crippen molar-refractivity contribution in [3.63, 3.8) is 0 Å². The summed E-state index contributed by atoms with van der Waals surface area (Å²) in [6, 6.07) is 0. The Kier molecular flexibility index (Phi) is 7.92. The van der Waals surface area contributed by atoms with Crippen LogP contribution in [0.3, 0.4) is 0 Å². The summed E-state index contributed by atoms with van der Waals surface area (Å²) in [4.78, 5) is 0. The van der Waals surface area contributed by atoms with E-state index in [1.807, 2.05) is 0 Å². The van der Waals surface area contributed by atoms with Crippen LogP contribution in [0.5, 0.6) is 0 Å². The Morgan fingerprint density at radius 1 is 1.67 bits per heavy atom. The molecule has 9 heavy (non-hydrogen) atoms. The summed E-state index contributed by atoms with van der Waals surface area (Å²) in [5, 5.41) is 0. The number of unbranched alkanes of at least 4 members (excludes halogenated alkanes) is 1. The summed E-state index contributed by atoms with van der Waals surface area (Å²) in [6.45, 7) is 4.34. The summed E-state index contributed by atoms with van der Waals surface area (Å²) in [5.41, 5.74) is 0. The van der Waals surface area contributed by atoms with E-state index < -0.39 is 0 Å². The number of halogens is 1. The number of hydrogen-bond acceptors (Lipinski definition) is 0. The molecule has 0 spiro atoms. The standard InChI is InChI=1S/C7H13BrTe/c1-3-5-6-9-7(8)4-2/h4H,3,5-6H2,1-2H3/b7-4-. The van der Waals surface area contributed by atoms with Crippen molar-refractivity contribution in [1.82, 2.24) is 0 Å². The topological polar surface area (TPSA) is 0 Å². The molecule has 0 saturated carbocycles. The fourth-order valence-electron chi connectivity index (χ4n) is 0.397. The molecule has 54 valence electrons. The third kappa shape index (κ3) is 6.90. The van der Waals surface area contributed by atoms with E-state index >= 15 is 0 Å². The molecule has 0 rings (SSSR count). The van der Waals surface area contributed by atoms with Crippen LogP contribution in [-0.4, -0.2) is 20.9 Å². The molecule has 0 amide bonds. The van der Waals surface area contributed by atoms with E-state index in [0.29, 0.717) is 0 Å². The molecule has 0 bridgehead atoms. The van der Waals surface area contributed by atoms with E-state index in [9.17, 15) is 0 Å². The van der Waals surface area contributed by atoms with E-state index in [0.717, 1.165) is 0 Å². The average molecular weight is 305 g/mol. The molecule has 0 N–H and O–H groups in total. The molecule has 0 aliphatic rings. The molecule has 0 atom stereocenters. The van der Waals surface area contributed by atoms with E-state index in [-0.39, 0.29) is 20.9 Å². The van der Waals surface area contributed by atoms with Crippen molar-refractivity contribution < 1.29 is 0 Å². The van der Waals surface area contributed by atoms with Gasteiger partial charge in [0.15, 0.2) is 0 Å². The summed E-state index contributed by atoms with van der Waals surface area (Å²) >= 11 is 3.70. The molecule has 0 radical (unpaired) electrons.